The number of nitrogens with zero attached hydrogens (tertiary/aromatic N) is 3. The molecule has 7 nitrogen and oxygen atoms in total. The van der Waals surface area contributed by atoms with Crippen LogP contribution in [0.25, 0.3) is 5.76 Å². The van der Waals surface area contributed by atoms with Crippen LogP contribution in [0.15, 0.2) is 59.9 Å². The molecule has 1 aliphatic rings. The molecule has 3 aromatic rings. The molecule has 1 saturated heterocycles. The fourth-order valence-corrected chi connectivity index (χ4v) is 4.34. The number of aliphatic hydroxyl groups is 1. The first-order valence-electron chi connectivity index (χ1n) is 8.92. The molecule has 4 rings (SSSR count). The highest BCUT2D eigenvalue weighted by atomic mass is 35.5. The van der Waals surface area contributed by atoms with Crippen molar-refractivity contribution in [3.05, 3.63) is 81.0 Å². The van der Waals surface area contributed by atoms with Gasteiger partial charge in [-0.2, -0.15) is 0 Å². The smallest absolute Gasteiger partial charge is 0.295 e. The molecule has 1 amide bonds. The van der Waals surface area contributed by atoms with Crippen LogP contribution in [-0.2, 0) is 16.1 Å². The molecule has 0 spiro atoms. The second-order valence-electron chi connectivity index (χ2n) is 6.49. The molecule has 152 valence electrons. The van der Waals surface area contributed by atoms with Crippen LogP contribution >= 0.6 is 22.9 Å². The van der Waals surface area contributed by atoms with E-state index < -0.39 is 17.7 Å². The highest BCUT2D eigenvalue weighted by molar-refractivity contribution is 7.09. The normalized spacial score (nSPS) is 18.1. The van der Waals surface area contributed by atoms with E-state index in [1.807, 2.05) is 17.5 Å². The van der Waals surface area contributed by atoms with Crippen LogP contribution in [0.5, 0.6) is 5.75 Å². The zero-order valence-electron chi connectivity index (χ0n) is 15.8. The molecule has 1 aromatic carbocycles. The van der Waals surface area contributed by atoms with Gasteiger partial charge in [-0.05, 0) is 29.1 Å². The number of likely N-dealkylation sites (tertiary alicyclic amines) is 1. The van der Waals surface area contributed by atoms with E-state index >= 15 is 0 Å². The number of thiophene rings is 1. The van der Waals surface area contributed by atoms with E-state index in [4.69, 9.17) is 16.3 Å². The third-order valence-electron chi connectivity index (χ3n) is 4.74. The van der Waals surface area contributed by atoms with E-state index in [1.165, 1.54) is 41.9 Å². The van der Waals surface area contributed by atoms with Gasteiger partial charge in [-0.25, -0.2) is 4.98 Å². The molecule has 1 N–H and O–H groups in total. The molecular weight excluding hydrogens is 426 g/mol. The molecule has 0 saturated carbocycles. The van der Waals surface area contributed by atoms with Gasteiger partial charge in [-0.1, -0.05) is 23.7 Å². The number of carbonyl (C=O) groups is 2. The summed E-state index contributed by atoms with van der Waals surface area (Å²) < 4.78 is 5.20. The van der Waals surface area contributed by atoms with E-state index in [9.17, 15) is 14.7 Å². The highest BCUT2D eigenvalue weighted by Gasteiger charge is 2.46. The van der Waals surface area contributed by atoms with Crippen molar-refractivity contribution in [3.63, 3.8) is 0 Å². The summed E-state index contributed by atoms with van der Waals surface area (Å²) in [5, 5.41) is 13.1. The quantitative estimate of drug-likeness (QED) is 0.367. The Morgan fingerprint density at radius 3 is 2.77 bits per heavy atom. The Kier molecular flexibility index (Phi) is 5.52. The first-order chi connectivity index (χ1) is 14.5. The number of hydrogen-bond donors (Lipinski definition) is 1. The summed E-state index contributed by atoms with van der Waals surface area (Å²) in [6.07, 6.45) is 4.18. The van der Waals surface area contributed by atoms with E-state index in [1.54, 1.807) is 18.2 Å². The van der Waals surface area contributed by atoms with Crippen LogP contribution in [0, 0.1) is 0 Å². The number of halogens is 1. The van der Waals surface area contributed by atoms with Gasteiger partial charge in [0.15, 0.2) is 5.76 Å². The predicted octanol–water partition coefficient (Wildman–Crippen LogP) is 3.82. The standard InChI is InChI=1S/C21H16ClN3O4S/c1-29-16-5-4-12(9-14(16)22)18-17(19(26)15-10-23-6-7-24-15)20(27)21(28)25(18)11-13-3-2-8-30-13/h2-10,18,26H,11H2,1H3/b19-17+. The number of ether oxygens (including phenoxy) is 1. The molecule has 9 heteroatoms. The average molecular weight is 442 g/mol. The van der Waals surface area contributed by atoms with Gasteiger partial charge in [-0.15, -0.1) is 11.3 Å². The van der Waals surface area contributed by atoms with Crippen molar-refractivity contribution in [1.82, 2.24) is 14.9 Å². The lowest BCUT2D eigenvalue weighted by atomic mass is 9.96. The van der Waals surface area contributed by atoms with Crippen molar-refractivity contribution in [2.75, 3.05) is 7.11 Å². The van der Waals surface area contributed by atoms with E-state index in [0.717, 1.165) is 4.88 Å². The topological polar surface area (TPSA) is 92.6 Å². The second kappa shape index (κ2) is 8.25. The fraction of sp³-hybridized carbons (Fsp3) is 0.143. The van der Waals surface area contributed by atoms with E-state index in [0.29, 0.717) is 16.3 Å². The maximum Gasteiger partial charge on any atom is 0.295 e. The van der Waals surface area contributed by atoms with Crippen LogP contribution < -0.4 is 4.74 Å². The van der Waals surface area contributed by atoms with Crippen molar-refractivity contribution in [3.8, 4) is 5.75 Å². The van der Waals surface area contributed by atoms with Gasteiger partial charge >= 0.3 is 0 Å². The molecule has 0 aliphatic carbocycles. The summed E-state index contributed by atoms with van der Waals surface area (Å²) >= 11 is 7.78. The highest BCUT2D eigenvalue weighted by Crippen LogP contribution is 2.42. The molecule has 0 radical (unpaired) electrons. The SMILES string of the molecule is COc1ccc(C2/C(=C(\O)c3cnccn3)C(=O)C(=O)N2Cc2cccs2)cc1Cl. The average Bonchev–Trinajstić information content (AvgIpc) is 3.36. The molecule has 3 heterocycles. The van der Waals surface area contributed by atoms with Gasteiger partial charge in [0.25, 0.3) is 11.7 Å². The lowest BCUT2D eigenvalue weighted by Crippen LogP contribution is -2.28. The van der Waals surface area contributed by atoms with Crippen molar-refractivity contribution in [2.24, 2.45) is 0 Å². The Morgan fingerprint density at radius 2 is 2.13 bits per heavy atom. The summed E-state index contributed by atoms with van der Waals surface area (Å²) in [5.41, 5.74) is 0.622. The monoisotopic (exact) mass is 441 g/mol. The van der Waals surface area contributed by atoms with Crippen molar-refractivity contribution in [2.45, 2.75) is 12.6 Å². The Hall–Kier alpha value is -3.23. The number of methoxy groups -OCH3 is 1. The number of Topliss-reactive ketones (excluding diaryl/α,β-unsaturated/α-hetero) is 1. The minimum Gasteiger partial charge on any atom is -0.505 e. The summed E-state index contributed by atoms with van der Waals surface area (Å²) in [5.74, 6) is -1.41. The Bertz CT molecular complexity index is 1130. The number of aliphatic hydroxyl groups excluding tert-OH is 1. The van der Waals surface area contributed by atoms with Gasteiger partial charge in [0.05, 0.1) is 36.5 Å². The fourth-order valence-electron chi connectivity index (χ4n) is 3.37. The van der Waals surface area contributed by atoms with Gasteiger partial charge in [-0.3, -0.25) is 14.6 Å². The van der Waals surface area contributed by atoms with E-state index in [-0.39, 0.29) is 23.6 Å². The molecule has 1 fully saturated rings. The number of rotatable bonds is 5. The van der Waals surface area contributed by atoms with Crippen LogP contribution in [-0.4, -0.2) is 38.8 Å². The largest absolute Gasteiger partial charge is 0.505 e. The van der Waals surface area contributed by atoms with E-state index in [2.05, 4.69) is 9.97 Å². The Labute approximate surface area is 181 Å². The number of amides is 1. The molecule has 30 heavy (non-hydrogen) atoms. The summed E-state index contributed by atoms with van der Waals surface area (Å²) in [6, 6.07) is 7.91. The minimum absolute atomic E-state index is 0.0571. The van der Waals surface area contributed by atoms with Gasteiger partial charge in [0.1, 0.15) is 11.4 Å². The Morgan fingerprint density at radius 1 is 1.30 bits per heavy atom. The molecule has 0 bridgehead atoms. The van der Waals surface area contributed by atoms with Crippen molar-refractivity contribution in [1.29, 1.82) is 0 Å². The molecule has 1 atom stereocenters. The van der Waals surface area contributed by atoms with Gasteiger partial charge in [0, 0.05) is 17.3 Å². The van der Waals surface area contributed by atoms with Gasteiger partial charge in [0.2, 0.25) is 0 Å². The number of hydrogen-bond acceptors (Lipinski definition) is 7. The summed E-state index contributed by atoms with van der Waals surface area (Å²) in [6.45, 7) is 0.216. The van der Waals surface area contributed by atoms with Crippen LogP contribution in [0.1, 0.15) is 22.2 Å². The lowest BCUT2D eigenvalue weighted by Gasteiger charge is -2.25. The zero-order valence-corrected chi connectivity index (χ0v) is 17.4. The van der Waals surface area contributed by atoms with Crippen molar-refractivity contribution < 1.29 is 19.4 Å². The van der Waals surface area contributed by atoms with Crippen LogP contribution in [0.4, 0.5) is 0 Å². The number of ketones is 1. The van der Waals surface area contributed by atoms with Gasteiger partial charge < -0.3 is 14.7 Å². The predicted molar refractivity (Wildman–Crippen MR) is 112 cm³/mol. The maximum atomic E-state index is 12.9. The first kappa shape index (κ1) is 20.1. The summed E-state index contributed by atoms with van der Waals surface area (Å²) in [7, 11) is 1.50. The first-order valence-corrected chi connectivity index (χ1v) is 10.2. The second-order valence-corrected chi connectivity index (χ2v) is 7.93. The van der Waals surface area contributed by atoms with Crippen molar-refractivity contribution >= 4 is 40.4 Å². The van der Waals surface area contributed by atoms with Crippen LogP contribution in [0.2, 0.25) is 5.02 Å². The maximum absolute atomic E-state index is 12.9. The van der Waals surface area contributed by atoms with Crippen LogP contribution in [0.3, 0.4) is 0 Å². The third-order valence-corrected chi connectivity index (χ3v) is 5.90. The minimum atomic E-state index is -0.836. The Balaban J connectivity index is 1.88. The molecular formula is C21H16ClN3O4S. The molecule has 1 aliphatic heterocycles. The molecule has 1 unspecified atom stereocenters. The number of carbonyl (C=O) groups excluding carboxylic acids is 2. The summed E-state index contributed by atoms with van der Waals surface area (Å²) in [4.78, 5) is 36.2. The molecule has 2 aromatic heterocycles. The number of aromatic nitrogens is 2. The lowest BCUT2D eigenvalue weighted by molar-refractivity contribution is -0.140. The number of benzene rings is 1. The third kappa shape index (κ3) is 3.55. The zero-order chi connectivity index (χ0) is 21.3.